The third-order valence-corrected chi connectivity index (χ3v) is 4.11. The number of aliphatic hydroxyl groups is 1. The van der Waals surface area contributed by atoms with Gasteiger partial charge in [0.15, 0.2) is 0 Å². The molecule has 106 valence electrons. The van der Waals surface area contributed by atoms with E-state index in [4.69, 9.17) is 11.6 Å². The molecule has 2 N–H and O–H groups in total. The fourth-order valence-electron chi connectivity index (χ4n) is 2.08. The molecule has 2 rings (SSSR count). The van der Waals surface area contributed by atoms with Crippen LogP contribution in [0.4, 0.5) is 5.69 Å². The Morgan fingerprint density at radius 1 is 1.15 bits per heavy atom. The van der Waals surface area contributed by atoms with E-state index in [9.17, 15) is 5.11 Å². The van der Waals surface area contributed by atoms with E-state index in [1.165, 1.54) is 0 Å². The molecule has 1 atom stereocenters. The van der Waals surface area contributed by atoms with Crippen molar-refractivity contribution >= 4 is 33.2 Å². The molecule has 0 radical (unpaired) electrons. The molecule has 2 nitrogen and oxygen atoms in total. The van der Waals surface area contributed by atoms with Crippen LogP contribution in [0.2, 0.25) is 5.02 Å². The van der Waals surface area contributed by atoms with Gasteiger partial charge in [-0.15, -0.1) is 0 Å². The van der Waals surface area contributed by atoms with Gasteiger partial charge in [-0.25, -0.2) is 0 Å². The van der Waals surface area contributed by atoms with Gasteiger partial charge >= 0.3 is 0 Å². The lowest BCUT2D eigenvalue weighted by atomic mass is 9.93. The minimum absolute atomic E-state index is 0.0387. The molecule has 0 saturated heterocycles. The maximum absolute atomic E-state index is 9.75. The topological polar surface area (TPSA) is 32.3 Å². The number of rotatable bonds is 5. The highest BCUT2D eigenvalue weighted by Gasteiger charge is 2.24. The van der Waals surface area contributed by atoms with E-state index < -0.39 is 5.54 Å². The molecule has 20 heavy (non-hydrogen) atoms. The fraction of sp³-hybridized carbons (Fsp3) is 0.250. The molecule has 2 aromatic rings. The number of para-hydroxylation sites is 1. The summed E-state index contributed by atoms with van der Waals surface area (Å²) in [5, 5.41) is 13.9. The van der Waals surface area contributed by atoms with Crippen LogP contribution in [0.1, 0.15) is 12.5 Å². The molecule has 0 spiro atoms. The molecule has 0 aliphatic rings. The quantitative estimate of drug-likeness (QED) is 0.828. The van der Waals surface area contributed by atoms with E-state index in [2.05, 4.69) is 21.2 Å². The fourth-order valence-corrected chi connectivity index (χ4v) is 2.59. The lowest BCUT2D eigenvalue weighted by molar-refractivity contribution is 0.222. The number of halogens is 2. The Labute approximate surface area is 132 Å². The van der Waals surface area contributed by atoms with Crippen molar-refractivity contribution in [1.29, 1.82) is 0 Å². The van der Waals surface area contributed by atoms with E-state index in [1.807, 2.05) is 55.5 Å². The number of benzene rings is 2. The van der Waals surface area contributed by atoms with Crippen LogP contribution in [0.15, 0.2) is 53.0 Å². The first-order chi connectivity index (χ1) is 9.52. The summed E-state index contributed by atoms with van der Waals surface area (Å²) in [6, 6.07) is 15.6. The minimum atomic E-state index is -0.433. The average Bonchev–Trinajstić information content (AvgIpc) is 2.44. The first kappa shape index (κ1) is 15.4. The van der Waals surface area contributed by atoms with E-state index in [0.29, 0.717) is 6.42 Å². The zero-order valence-electron chi connectivity index (χ0n) is 11.2. The first-order valence-corrected chi connectivity index (χ1v) is 7.57. The molecule has 1 unspecified atom stereocenters. The summed E-state index contributed by atoms with van der Waals surface area (Å²) in [6.45, 7) is 2.04. The SMILES string of the molecule is CC(CO)(Cc1ccc(Cl)cc1)Nc1ccccc1Br. The van der Waals surface area contributed by atoms with Crippen LogP contribution < -0.4 is 5.32 Å². The summed E-state index contributed by atoms with van der Waals surface area (Å²) in [6.07, 6.45) is 0.710. The Bertz CT molecular complexity index is 573. The smallest absolute Gasteiger partial charge is 0.0662 e. The summed E-state index contributed by atoms with van der Waals surface area (Å²) >= 11 is 9.41. The molecule has 0 saturated carbocycles. The second-order valence-corrected chi connectivity index (χ2v) is 6.42. The average molecular weight is 355 g/mol. The zero-order valence-corrected chi connectivity index (χ0v) is 13.6. The molecule has 0 aliphatic heterocycles. The molecule has 0 fully saturated rings. The molecule has 0 amide bonds. The maximum atomic E-state index is 9.75. The molecule has 0 bridgehead atoms. The highest BCUT2D eigenvalue weighted by molar-refractivity contribution is 9.10. The molecule has 0 heterocycles. The predicted octanol–water partition coefficient (Wildman–Crippen LogP) is 4.51. The lowest BCUT2D eigenvalue weighted by Gasteiger charge is -2.30. The van der Waals surface area contributed by atoms with Crippen molar-refractivity contribution in [1.82, 2.24) is 0 Å². The predicted molar refractivity (Wildman–Crippen MR) is 88.4 cm³/mol. The highest BCUT2D eigenvalue weighted by atomic mass is 79.9. The third kappa shape index (κ3) is 3.98. The standard InChI is InChI=1S/C16H17BrClNO/c1-16(11-20,10-12-6-8-13(18)9-7-12)19-15-5-3-2-4-14(15)17/h2-9,19-20H,10-11H2,1H3. The van der Waals surface area contributed by atoms with Crippen molar-refractivity contribution in [3.8, 4) is 0 Å². The Hall–Kier alpha value is -1.03. The first-order valence-electron chi connectivity index (χ1n) is 6.40. The van der Waals surface area contributed by atoms with Gasteiger partial charge in [0.2, 0.25) is 0 Å². The Balaban J connectivity index is 2.17. The van der Waals surface area contributed by atoms with Crippen molar-refractivity contribution in [3.05, 3.63) is 63.6 Å². The summed E-state index contributed by atoms with van der Waals surface area (Å²) in [5.74, 6) is 0. The van der Waals surface area contributed by atoms with Crippen LogP contribution in [-0.4, -0.2) is 17.3 Å². The summed E-state index contributed by atoms with van der Waals surface area (Å²) in [5.41, 5.74) is 1.67. The van der Waals surface area contributed by atoms with Gasteiger partial charge in [0.1, 0.15) is 0 Å². The third-order valence-electron chi connectivity index (χ3n) is 3.17. The highest BCUT2D eigenvalue weighted by Crippen LogP contribution is 2.26. The van der Waals surface area contributed by atoms with Crippen LogP contribution in [0, 0.1) is 0 Å². The van der Waals surface area contributed by atoms with E-state index in [-0.39, 0.29) is 6.61 Å². The van der Waals surface area contributed by atoms with Gasteiger partial charge in [-0.2, -0.15) is 0 Å². The number of hydrogen-bond acceptors (Lipinski definition) is 2. The van der Waals surface area contributed by atoms with Gasteiger partial charge in [0.25, 0.3) is 0 Å². The summed E-state index contributed by atoms with van der Waals surface area (Å²) in [7, 11) is 0. The lowest BCUT2D eigenvalue weighted by Crippen LogP contribution is -2.41. The van der Waals surface area contributed by atoms with Gasteiger partial charge in [-0.05, 0) is 59.1 Å². The number of aliphatic hydroxyl groups excluding tert-OH is 1. The van der Waals surface area contributed by atoms with E-state index >= 15 is 0 Å². The van der Waals surface area contributed by atoms with Gasteiger partial charge < -0.3 is 10.4 Å². The second-order valence-electron chi connectivity index (χ2n) is 5.13. The molecule has 0 aliphatic carbocycles. The van der Waals surface area contributed by atoms with Crippen LogP contribution in [0.3, 0.4) is 0 Å². The maximum Gasteiger partial charge on any atom is 0.0662 e. The van der Waals surface area contributed by atoms with Crippen molar-refractivity contribution in [2.75, 3.05) is 11.9 Å². The van der Waals surface area contributed by atoms with Crippen molar-refractivity contribution in [3.63, 3.8) is 0 Å². The van der Waals surface area contributed by atoms with E-state index in [0.717, 1.165) is 20.7 Å². The van der Waals surface area contributed by atoms with Gasteiger partial charge in [0.05, 0.1) is 12.1 Å². The van der Waals surface area contributed by atoms with Crippen LogP contribution >= 0.6 is 27.5 Å². The van der Waals surface area contributed by atoms with Crippen molar-refractivity contribution in [2.24, 2.45) is 0 Å². The molecular weight excluding hydrogens is 338 g/mol. The molecule has 4 heteroatoms. The zero-order chi connectivity index (χ0) is 14.6. The summed E-state index contributed by atoms with van der Waals surface area (Å²) < 4.78 is 0.982. The Kier molecular flexibility index (Phi) is 5.08. The van der Waals surface area contributed by atoms with Crippen LogP contribution in [-0.2, 0) is 6.42 Å². The van der Waals surface area contributed by atoms with Crippen molar-refractivity contribution in [2.45, 2.75) is 18.9 Å². The number of hydrogen-bond donors (Lipinski definition) is 2. The van der Waals surface area contributed by atoms with Crippen LogP contribution in [0.25, 0.3) is 0 Å². The van der Waals surface area contributed by atoms with E-state index in [1.54, 1.807) is 0 Å². The number of anilines is 1. The minimum Gasteiger partial charge on any atom is -0.394 e. The molecule has 0 aromatic heterocycles. The Morgan fingerprint density at radius 3 is 2.40 bits per heavy atom. The summed E-state index contributed by atoms with van der Waals surface area (Å²) in [4.78, 5) is 0. The Morgan fingerprint density at radius 2 is 1.80 bits per heavy atom. The monoisotopic (exact) mass is 353 g/mol. The van der Waals surface area contributed by atoms with Crippen molar-refractivity contribution < 1.29 is 5.11 Å². The molecule has 2 aromatic carbocycles. The molecular formula is C16H17BrClNO. The van der Waals surface area contributed by atoms with Gasteiger partial charge in [0, 0.05) is 15.2 Å². The van der Waals surface area contributed by atoms with Gasteiger partial charge in [-0.3, -0.25) is 0 Å². The largest absolute Gasteiger partial charge is 0.394 e. The second kappa shape index (κ2) is 6.61. The number of nitrogens with one attached hydrogen (secondary N) is 1. The normalized spacial score (nSPS) is 13.8. The van der Waals surface area contributed by atoms with Crippen LogP contribution in [0.5, 0.6) is 0 Å². The van der Waals surface area contributed by atoms with Gasteiger partial charge in [-0.1, -0.05) is 35.9 Å².